The molecule has 0 radical (unpaired) electrons. The van der Waals surface area contributed by atoms with Crippen molar-refractivity contribution in [3.8, 4) is 5.88 Å². The molecule has 0 spiro atoms. The Bertz CT molecular complexity index is 447. The molecular formula is C15H26N4O2. The number of anilines is 1. The predicted octanol–water partition coefficient (Wildman–Crippen LogP) is 1.70. The summed E-state index contributed by atoms with van der Waals surface area (Å²) in [6.07, 6.45) is 0.109. The summed E-state index contributed by atoms with van der Waals surface area (Å²) in [5.74, 6) is 1.25. The fourth-order valence-corrected chi connectivity index (χ4v) is 2.34. The van der Waals surface area contributed by atoms with Crippen LogP contribution in [-0.2, 0) is 4.74 Å². The van der Waals surface area contributed by atoms with E-state index in [4.69, 9.17) is 9.47 Å². The highest BCUT2D eigenvalue weighted by molar-refractivity contribution is 5.31. The van der Waals surface area contributed by atoms with Crippen LogP contribution >= 0.6 is 0 Å². The lowest BCUT2D eigenvalue weighted by Gasteiger charge is -2.29. The van der Waals surface area contributed by atoms with Crippen molar-refractivity contribution in [2.45, 2.75) is 39.8 Å². The molecule has 2 heterocycles. The summed E-state index contributed by atoms with van der Waals surface area (Å²) in [5.41, 5.74) is 0.904. The molecule has 2 rings (SSSR count). The van der Waals surface area contributed by atoms with Crippen LogP contribution in [0.25, 0.3) is 0 Å². The molecule has 1 aromatic heterocycles. The third-order valence-corrected chi connectivity index (χ3v) is 3.20. The number of morpholine rings is 1. The number of aromatic nitrogens is 2. The second kappa shape index (κ2) is 7.56. The number of nitrogens with zero attached hydrogens (tertiary/aromatic N) is 3. The van der Waals surface area contributed by atoms with E-state index < -0.39 is 0 Å². The lowest BCUT2D eigenvalue weighted by molar-refractivity contribution is 0.0368. The van der Waals surface area contributed by atoms with Gasteiger partial charge in [0.05, 0.1) is 19.3 Å². The third kappa shape index (κ3) is 5.47. The SMILES string of the molecule is Cc1cc(OC(C)C)nc(NC(C)CN2CCOCC2)n1. The van der Waals surface area contributed by atoms with Gasteiger partial charge in [-0.05, 0) is 27.7 Å². The first-order valence-electron chi connectivity index (χ1n) is 7.62. The molecule has 1 aromatic rings. The normalized spacial score (nSPS) is 17.8. The topological polar surface area (TPSA) is 59.5 Å². The number of ether oxygens (including phenoxy) is 2. The van der Waals surface area contributed by atoms with E-state index in [0.717, 1.165) is 38.5 Å². The molecule has 118 valence electrons. The van der Waals surface area contributed by atoms with Crippen LogP contribution in [0.15, 0.2) is 6.07 Å². The fourth-order valence-electron chi connectivity index (χ4n) is 2.34. The molecule has 0 saturated carbocycles. The van der Waals surface area contributed by atoms with Crippen LogP contribution in [0.1, 0.15) is 26.5 Å². The maximum absolute atomic E-state index is 5.65. The van der Waals surface area contributed by atoms with Gasteiger partial charge in [0.25, 0.3) is 0 Å². The van der Waals surface area contributed by atoms with Gasteiger partial charge in [0.15, 0.2) is 0 Å². The Morgan fingerprint density at radius 2 is 2.00 bits per heavy atom. The summed E-state index contributed by atoms with van der Waals surface area (Å²) in [6, 6.07) is 2.13. The zero-order valence-electron chi connectivity index (χ0n) is 13.4. The first kappa shape index (κ1) is 16.0. The van der Waals surface area contributed by atoms with Crippen LogP contribution in [-0.4, -0.2) is 59.9 Å². The van der Waals surface area contributed by atoms with Gasteiger partial charge in [-0.2, -0.15) is 4.98 Å². The maximum atomic E-state index is 5.65. The van der Waals surface area contributed by atoms with Crippen molar-refractivity contribution in [1.29, 1.82) is 0 Å². The second-order valence-corrected chi connectivity index (χ2v) is 5.80. The second-order valence-electron chi connectivity index (χ2n) is 5.80. The average Bonchev–Trinajstić information content (AvgIpc) is 2.37. The van der Waals surface area contributed by atoms with Gasteiger partial charge in [0.2, 0.25) is 11.8 Å². The van der Waals surface area contributed by atoms with Crippen molar-refractivity contribution in [2.24, 2.45) is 0 Å². The first-order valence-corrected chi connectivity index (χ1v) is 7.62. The van der Waals surface area contributed by atoms with Gasteiger partial charge in [-0.15, -0.1) is 0 Å². The highest BCUT2D eigenvalue weighted by Crippen LogP contribution is 2.14. The van der Waals surface area contributed by atoms with E-state index in [0.29, 0.717) is 11.8 Å². The Morgan fingerprint density at radius 1 is 1.29 bits per heavy atom. The zero-order chi connectivity index (χ0) is 15.2. The third-order valence-electron chi connectivity index (χ3n) is 3.20. The van der Waals surface area contributed by atoms with Crippen LogP contribution in [0.4, 0.5) is 5.95 Å². The summed E-state index contributed by atoms with van der Waals surface area (Å²) >= 11 is 0. The minimum Gasteiger partial charge on any atom is -0.475 e. The number of rotatable bonds is 6. The van der Waals surface area contributed by atoms with Gasteiger partial charge in [0, 0.05) is 37.4 Å². The van der Waals surface area contributed by atoms with Crippen molar-refractivity contribution in [2.75, 3.05) is 38.2 Å². The molecule has 21 heavy (non-hydrogen) atoms. The van der Waals surface area contributed by atoms with E-state index in [1.165, 1.54) is 0 Å². The van der Waals surface area contributed by atoms with Gasteiger partial charge < -0.3 is 14.8 Å². The van der Waals surface area contributed by atoms with Crippen molar-refractivity contribution in [1.82, 2.24) is 14.9 Å². The number of aryl methyl sites for hydroxylation is 1. The molecule has 1 aliphatic heterocycles. The highest BCUT2D eigenvalue weighted by atomic mass is 16.5. The van der Waals surface area contributed by atoms with Crippen LogP contribution < -0.4 is 10.1 Å². The van der Waals surface area contributed by atoms with Crippen LogP contribution in [0.5, 0.6) is 5.88 Å². The minimum absolute atomic E-state index is 0.109. The lowest BCUT2D eigenvalue weighted by atomic mass is 10.3. The summed E-state index contributed by atoms with van der Waals surface area (Å²) in [5, 5.41) is 3.36. The van der Waals surface area contributed by atoms with Gasteiger partial charge in [-0.25, -0.2) is 4.98 Å². The van der Waals surface area contributed by atoms with Gasteiger partial charge in [-0.3, -0.25) is 4.90 Å². The molecule has 1 N–H and O–H groups in total. The van der Waals surface area contributed by atoms with E-state index in [2.05, 4.69) is 27.1 Å². The van der Waals surface area contributed by atoms with Crippen molar-refractivity contribution in [3.05, 3.63) is 11.8 Å². The smallest absolute Gasteiger partial charge is 0.226 e. The van der Waals surface area contributed by atoms with Crippen molar-refractivity contribution in [3.63, 3.8) is 0 Å². The summed E-state index contributed by atoms with van der Waals surface area (Å²) in [4.78, 5) is 11.2. The quantitative estimate of drug-likeness (QED) is 0.862. The largest absolute Gasteiger partial charge is 0.475 e. The molecule has 1 fully saturated rings. The number of hydrogen-bond acceptors (Lipinski definition) is 6. The van der Waals surface area contributed by atoms with Crippen molar-refractivity contribution >= 4 is 5.95 Å². The van der Waals surface area contributed by atoms with Crippen LogP contribution in [0.2, 0.25) is 0 Å². The molecule has 0 amide bonds. The Hall–Kier alpha value is -1.40. The minimum atomic E-state index is 0.109. The Balaban J connectivity index is 1.92. The molecule has 6 nitrogen and oxygen atoms in total. The summed E-state index contributed by atoms with van der Waals surface area (Å²) < 4.78 is 11.0. The molecule has 1 saturated heterocycles. The molecule has 6 heteroatoms. The van der Waals surface area contributed by atoms with E-state index in [1.54, 1.807) is 0 Å². The van der Waals surface area contributed by atoms with E-state index in [1.807, 2.05) is 26.8 Å². The zero-order valence-corrected chi connectivity index (χ0v) is 13.4. The first-order chi connectivity index (χ1) is 10.0. The molecule has 0 aliphatic carbocycles. The van der Waals surface area contributed by atoms with Gasteiger partial charge >= 0.3 is 0 Å². The van der Waals surface area contributed by atoms with Crippen molar-refractivity contribution < 1.29 is 9.47 Å². The fraction of sp³-hybridized carbons (Fsp3) is 0.733. The molecule has 1 atom stereocenters. The Labute approximate surface area is 126 Å². The monoisotopic (exact) mass is 294 g/mol. The van der Waals surface area contributed by atoms with Gasteiger partial charge in [0.1, 0.15) is 0 Å². The lowest BCUT2D eigenvalue weighted by Crippen LogP contribution is -2.42. The standard InChI is InChI=1S/C15H26N4O2/c1-11(2)21-14-9-12(3)16-15(18-14)17-13(4)10-19-5-7-20-8-6-19/h9,11,13H,5-8,10H2,1-4H3,(H,16,17,18). The average molecular weight is 294 g/mol. The maximum Gasteiger partial charge on any atom is 0.226 e. The van der Waals surface area contributed by atoms with Crippen LogP contribution in [0.3, 0.4) is 0 Å². The van der Waals surface area contributed by atoms with Crippen LogP contribution in [0, 0.1) is 6.92 Å². The van der Waals surface area contributed by atoms with E-state index in [9.17, 15) is 0 Å². The molecular weight excluding hydrogens is 268 g/mol. The number of nitrogens with one attached hydrogen (secondary N) is 1. The Kier molecular flexibility index (Phi) is 5.76. The highest BCUT2D eigenvalue weighted by Gasteiger charge is 2.15. The molecule has 1 unspecified atom stereocenters. The predicted molar refractivity (Wildman–Crippen MR) is 82.9 cm³/mol. The summed E-state index contributed by atoms with van der Waals surface area (Å²) in [7, 11) is 0. The molecule has 1 aliphatic rings. The van der Waals surface area contributed by atoms with E-state index in [-0.39, 0.29) is 12.1 Å². The van der Waals surface area contributed by atoms with Gasteiger partial charge in [-0.1, -0.05) is 0 Å². The Morgan fingerprint density at radius 3 is 2.67 bits per heavy atom. The number of hydrogen-bond donors (Lipinski definition) is 1. The molecule has 0 bridgehead atoms. The summed E-state index contributed by atoms with van der Waals surface area (Å²) in [6.45, 7) is 12.7. The van der Waals surface area contributed by atoms with E-state index >= 15 is 0 Å². The molecule has 0 aromatic carbocycles.